The van der Waals surface area contributed by atoms with Gasteiger partial charge in [0, 0.05) is 17.3 Å². The number of hydrogen-bond acceptors (Lipinski definition) is 2. The Morgan fingerprint density at radius 3 is 2.19 bits per heavy atom. The molecule has 4 aliphatic carbocycles. The van der Waals surface area contributed by atoms with Crippen LogP contribution in [0.1, 0.15) is 54.6 Å². The van der Waals surface area contributed by atoms with Gasteiger partial charge in [-0.05, 0) is 80.5 Å². The Morgan fingerprint density at radius 1 is 0.969 bits per heavy atom. The number of carbonyl (C=O) groups is 1. The van der Waals surface area contributed by atoms with E-state index in [0.717, 1.165) is 31.4 Å². The number of alkyl halides is 3. The molecule has 4 saturated carbocycles. The molecule has 0 atom stereocenters. The third kappa shape index (κ3) is 3.21. The van der Waals surface area contributed by atoms with Crippen LogP contribution in [-0.4, -0.2) is 20.8 Å². The molecule has 1 N–H and O–H groups in total. The van der Waals surface area contributed by atoms with Gasteiger partial charge in [0.2, 0.25) is 0 Å². The lowest BCUT2D eigenvalue weighted by Crippen LogP contribution is -2.59. The van der Waals surface area contributed by atoms with E-state index in [0.29, 0.717) is 40.4 Å². The second kappa shape index (κ2) is 6.83. The largest absolute Gasteiger partial charge is 0.416 e. The third-order valence-corrected chi connectivity index (χ3v) is 7.65. The van der Waals surface area contributed by atoms with Crippen molar-refractivity contribution in [2.75, 3.05) is 0 Å². The average molecular weight is 439 g/mol. The predicted octanol–water partition coefficient (Wildman–Crippen LogP) is 5.72. The van der Waals surface area contributed by atoms with Crippen LogP contribution in [0, 0.1) is 17.8 Å². The molecule has 0 radical (unpaired) electrons. The molecule has 0 aliphatic heterocycles. The van der Waals surface area contributed by atoms with Gasteiger partial charge in [-0.3, -0.25) is 9.20 Å². The Labute approximate surface area is 183 Å². The van der Waals surface area contributed by atoms with Gasteiger partial charge >= 0.3 is 6.18 Å². The Morgan fingerprint density at radius 2 is 1.59 bits per heavy atom. The third-order valence-electron chi connectivity index (χ3n) is 7.65. The quantitative estimate of drug-likeness (QED) is 0.568. The van der Waals surface area contributed by atoms with Gasteiger partial charge in [-0.25, -0.2) is 4.98 Å². The summed E-state index contributed by atoms with van der Waals surface area (Å²) in [6, 6.07) is 10.4. The second-order valence-electron chi connectivity index (χ2n) is 9.97. The SMILES string of the molecule is O=C(NC12CC3CC(CC(C3)C1)C2)c1nc(-c2ccc(C(F)(F)F)cc2)n2ccccc12. The highest BCUT2D eigenvalue weighted by Gasteiger charge is 2.51. The molecule has 32 heavy (non-hydrogen) atoms. The van der Waals surface area contributed by atoms with Gasteiger partial charge in [0.25, 0.3) is 5.91 Å². The first-order chi connectivity index (χ1) is 15.3. The molecule has 4 fully saturated rings. The summed E-state index contributed by atoms with van der Waals surface area (Å²) in [5, 5.41) is 3.36. The van der Waals surface area contributed by atoms with Gasteiger partial charge in [0.1, 0.15) is 5.82 Å². The molecule has 1 amide bonds. The second-order valence-corrected chi connectivity index (χ2v) is 9.97. The number of benzene rings is 1. The van der Waals surface area contributed by atoms with Gasteiger partial charge in [-0.15, -0.1) is 0 Å². The van der Waals surface area contributed by atoms with Crippen LogP contribution in [0.25, 0.3) is 16.9 Å². The standard InChI is InChI=1S/C25H24F3N3O/c26-25(27,28)19-6-4-18(5-7-19)22-29-21(20-3-1-2-8-31(20)22)23(32)30-24-12-15-9-16(13-24)11-17(10-15)14-24/h1-8,15-17H,9-14H2,(H,30,32). The molecule has 0 unspecified atom stereocenters. The minimum atomic E-state index is -4.39. The highest BCUT2D eigenvalue weighted by Crippen LogP contribution is 2.55. The minimum absolute atomic E-state index is 0.134. The number of aromatic nitrogens is 2. The maximum Gasteiger partial charge on any atom is 0.416 e. The topological polar surface area (TPSA) is 46.4 Å². The summed E-state index contributed by atoms with van der Waals surface area (Å²) in [6.45, 7) is 0. The zero-order valence-electron chi connectivity index (χ0n) is 17.5. The molecule has 0 spiro atoms. The maximum atomic E-state index is 13.4. The Balaban J connectivity index is 1.35. The summed E-state index contributed by atoms with van der Waals surface area (Å²) in [5.41, 5.74) is 0.682. The van der Waals surface area contributed by atoms with Gasteiger partial charge in [-0.2, -0.15) is 13.2 Å². The minimum Gasteiger partial charge on any atom is -0.345 e. The van der Waals surface area contributed by atoms with E-state index < -0.39 is 11.7 Å². The number of pyridine rings is 1. The summed E-state index contributed by atoms with van der Waals surface area (Å²) in [4.78, 5) is 18.1. The van der Waals surface area contributed by atoms with Crippen molar-refractivity contribution in [2.45, 2.75) is 50.2 Å². The number of nitrogens with zero attached hydrogens (tertiary/aromatic N) is 2. The van der Waals surface area contributed by atoms with Crippen LogP contribution >= 0.6 is 0 Å². The molecule has 166 valence electrons. The monoisotopic (exact) mass is 439 g/mol. The molecular formula is C25H24F3N3O. The van der Waals surface area contributed by atoms with Crippen molar-refractivity contribution in [1.82, 2.24) is 14.7 Å². The molecule has 4 aliphatic rings. The lowest BCUT2D eigenvalue weighted by molar-refractivity contribution is -0.137. The molecule has 1 aromatic carbocycles. The summed E-state index contributed by atoms with van der Waals surface area (Å²) < 4.78 is 40.7. The number of fused-ring (bicyclic) bond motifs is 1. The van der Waals surface area contributed by atoms with Crippen molar-refractivity contribution in [3.63, 3.8) is 0 Å². The van der Waals surface area contributed by atoms with E-state index in [1.165, 1.54) is 31.4 Å². The number of carbonyl (C=O) groups excluding carboxylic acids is 1. The Bertz CT molecular complexity index is 1160. The van der Waals surface area contributed by atoms with Crippen molar-refractivity contribution in [3.05, 3.63) is 59.9 Å². The van der Waals surface area contributed by atoms with Crippen LogP contribution in [0.5, 0.6) is 0 Å². The summed E-state index contributed by atoms with van der Waals surface area (Å²) >= 11 is 0. The fourth-order valence-corrected chi connectivity index (χ4v) is 6.78. The molecule has 3 aromatic rings. The van der Waals surface area contributed by atoms with E-state index >= 15 is 0 Å². The summed E-state index contributed by atoms with van der Waals surface area (Å²) in [6.07, 6.45) is 4.40. The normalized spacial score (nSPS) is 28.9. The fourth-order valence-electron chi connectivity index (χ4n) is 6.78. The molecule has 2 aromatic heterocycles. The number of nitrogens with one attached hydrogen (secondary N) is 1. The molecular weight excluding hydrogens is 415 g/mol. The maximum absolute atomic E-state index is 13.4. The molecule has 4 nitrogen and oxygen atoms in total. The van der Waals surface area contributed by atoms with Crippen molar-refractivity contribution in [2.24, 2.45) is 17.8 Å². The molecule has 4 bridgehead atoms. The Hall–Kier alpha value is -2.83. The summed E-state index contributed by atoms with van der Waals surface area (Å²) in [5.74, 6) is 2.41. The highest BCUT2D eigenvalue weighted by atomic mass is 19.4. The van der Waals surface area contributed by atoms with E-state index in [2.05, 4.69) is 10.3 Å². The van der Waals surface area contributed by atoms with Crippen LogP contribution in [0.4, 0.5) is 13.2 Å². The number of imidazole rings is 1. The van der Waals surface area contributed by atoms with Gasteiger partial charge in [-0.1, -0.05) is 18.2 Å². The fraction of sp³-hybridized carbons (Fsp3) is 0.440. The van der Waals surface area contributed by atoms with Crippen LogP contribution < -0.4 is 5.32 Å². The molecule has 7 rings (SSSR count). The first-order valence-electron chi connectivity index (χ1n) is 11.3. The van der Waals surface area contributed by atoms with Crippen molar-refractivity contribution in [1.29, 1.82) is 0 Å². The van der Waals surface area contributed by atoms with E-state index in [1.54, 1.807) is 10.6 Å². The van der Waals surface area contributed by atoms with Crippen molar-refractivity contribution < 1.29 is 18.0 Å². The molecule has 2 heterocycles. The number of amides is 1. The number of rotatable bonds is 3. The van der Waals surface area contributed by atoms with Gasteiger partial charge < -0.3 is 5.32 Å². The van der Waals surface area contributed by atoms with E-state index in [4.69, 9.17) is 0 Å². The van der Waals surface area contributed by atoms with Gasteiger partial charge in [0.15, 0.2) is 5.69 Å². The number of hydrogen-bond donors (Lipinski definition) is 1. The highest BCUT2D eigenvalue weighted by molar-refractivity contribution is 6.00. The first-order valence-corrected chi connectivity index (χ1v) is 11.3. The lowest BCUT2D eigenvalue weighted by Gasteiger charge is -2.56. The predicted molar refractivity (Wildman–Crippen MR) is 114 cm³/mol. The number of halogens is 3. The van der Waals surface area contributed by atoms with E-state index in [-0.39, 0.29) is 11.4 Å². The van der Waals surface area contributed by atoms with Crippen LogP contribution in [-0.2, 0) is 6.18 Å². The first kappa shape index (κ1) is 19.8. The summed E-state index contributed by atoms with van der Waals surface area (Å²) in [7, 11) is 0. The molecule has 7 heteroatoms. The zero-order chi connectivity index (χ0) is 22.1. The van der Waals surface area contributed by atoms with Crippen LogP contribution in [0.2, 0.25) is 0 Å². The van der Waals surface area contributed by atoms with Crippen LogP contribution in [0.3, 0.4) is 0 Å². The smallest absolute Gasteiger partial charge is 0.345 e. The van der Waals surface area contributed by atoms with Crippen LogP contribution in [0.15, 0.2) is 48.7 Å². The Kier molecular flexibility index (Phi) is 4.23. The van der Waals surface area contributed by atoms with E-state index in [9.17, 15) is 18.0 Å². The van der Waals surface area contributed by atoms with E-state index in [1.807, 2.05) is 18.2 Å². The van der Waals surface area contributed by atoms with Crippen molar-refractivity contribution >= 4 is 11.4 Å². The average Bonchev–Trinajstić information content (AvgIpc) is 3.12. The lowest BCUT2D eigenvalue weighted by atomic mass is 9.53. The van der Waals surface area contributed by atoms with Gasteiger partial charge in [0.05, 0.1) is 11.1 Å². The van der Waals surface area contributed by atoms with Crippen molar-refractivity contribution in [3.8, 4) is 11.4 Å². The zero-order valence-corrected chi connectivity index (χ0v) is 17.5. The molecule has 0 saturated heterocycles.